The highest BCUT2D eigenvalue weighted by atomic mass is 16.4. The molecule has 36 heavy (non-hydrogen) atoms. The van der Waals surface area contributed by atoms with Gasteiger partial charge in [0.25, 0.3) is 0 Å². The Labute approximate surface area is 211 Å². The highest BCUT2D eigenvalue weighted by Gasteiger charge is 2.33. The van der Waals surface area contributed by atoms with Gasteiger partial charge in [0.15, 0.2) is 0 Å². The average Bonchev–Trinajstić information content (AvgIpc) is 2.80. The number of carboxylic acid groups (broad SMARTS) is 2. The SMILES string of the molecule is CCC(C)C(NC(=O)C(Cc1ccccc1)NC(=O)C(CC(=O)O)NC(=O)C(N)CC(C)C)C(=O)O. The molecule has 5 unspecified atom stereocenters. The Kier molecular flexibility index (Phi) is 12.6. The molecule has 1 aromatic carbocycles. The Morgan fingerprint density at radius 1 is 0.861 bits per heavy atom. The lowest BCUT2D eigenvalue weighted by Crippen LogP contribution is -2.58. The number of carboxylic acids is 2. The van der Waals surface area contributed by atoms with Crippen LogP contribution in [0.5, 0.6) is 0 Å². The number of benzene rings is 1. The molecule has 0 saturated heterocycles. The minimum atomic E-state index is -1.48. The normalized spacial score (nSPS) is 15.2. The van der Waals surface area contributed by atoms with Crippen molar-refractivity contribution in [3.05, 3.63) is 35.9 Å². The summed E-state index contributed by atoms with van der Waals surface area (Å²) in [5, 5.41) is 26.2. The molecule has 0 aromatic heterocycles. The largest absolute Gasteiger partial charge is 0.481 e. The second kappa shape index (κ2) is 14.8. The van der Waals surface area contributed by atoms with E-state index in [1.54, 1.807) is 44.2 Å². The van der Waals surface area contributed by atoms with Crippen molar-refractivity contribution in [2.75, 3.05) is 0 Å². The molecule has 1 aromatic rings. The van der Waals surface area contributed by atoms with Crippen LogP contribution in [-0.2, 0) is 30.4 Å². The van der Waals surface area contributed by atoms with Crippen molar-refractivity contribution in [1.29, 1.82) is 0 Å². The number of rotatable bonds is 15. The predicted octanol–water partition coefficient (Wildman–Crippen LogP) is 0.662. The summed E-state index contributed by atoms with van der Waals surface area (Å²) in [4.78, 5) is 61.7. The average molecular weight is 507 g/mol. The Bertz CT molecular complexity index is 907. The van der Waals surface area contributed by atoms with Gasteiger partial charge < -0.3 is 31.9 Å². The van der Waals surface area contributed by atoms with Gasteiger partial charge in [0.2, 0.25) is 17.7 Å². The van der Waals surface area contributed by atoms with Crippen LogP contribution in [0.1, 0.15) is 52.5 Å². The summed E-state index contributed by atoms with van der Waals surface area (Å²) in [6.45, 7) is 7.21. The number of aliphatic carboxylic acids is 2. The third-order valence-electron chi connectivity index (χ3n) is 5.77. The van der Waals surface area contributed by atoms with E-state index in [0.717, 1.165) is 0 Å². The van der Waals surface area contributed by atoms with E-state index in [0.29, 0.717) is 18.4 Å². The Balaban J connectivity index is 3.15. The lowest BCUT2D eigenvalue weighted by molar-refractivity contribution is -0.144. The van der Waals surface area contributed by atoms with Crippen molar-refractivity contribution in [2.24, 2.45) is 17.6 Å². The molecule has 3 amide bonds. The first kappa shape index (κ1) is 30.6. The van der Waals surface area contributed by atoms with Crippen molar-refractivity contribution < 1.29 is 34.2 Å². The summed E-state index contributed by atoms with van der Waals surface area (Å²) in [5.41, 5.74) is 6.55. The van der Waals surface area contributed by atoms with Crippen LogP contribution in [0.2, 0.25) is 0 Å². The fourth-order valence-corrected chi connectivity index (χ4v) is 3.55. The standard InChI is InChI=1S/C25H38N4O7/c1-5-15(4)21(25(35)36)29-24(34)18(12-16-9-7-6-8-10-16)28-23(33)19(13-20(30)31)27-22(32)17(26)11-14(2)3/h6-10,14-15,17-19,21H,5,11-13,26H2,1-4H3,(H,27,32)(H,28,33)(H,29,34)(H,30,31)(H,35,36). The van der Waals surface area contributed by atoms with Gasteiger partial charge in [-0.1, -0.05) is 64.4 Å². The summed E-state index contributed by atoms with van der Waals surface area (Å²) in [5.74, 6) is -5.13. The van der Waals surface area contributed by atoms with Crippen molar-refractivity contribution in [1.82, 2.24) is 16.0 Å². The number of nitrogens with one attached hydrogen (secondary N) is 3. The van der Waals surface area contributed by atoms with Gasteiger partial charge >= 0.3 is 11.9 Å². The van der Waals surface area contributed by atoms with Crippen molar-refractivity contribution in [2.45, 2.75) is 77.5 Å². The number of amides is 3. The van der Waals surface area contributed by atoms with E-state index >= 15 is 0 Å². The molecule has 7 N–H and O–H groups in total. The van der Waals surface area contributed by atoms with Gasteiger partial charge in [-0.15, -0.1) is 0 Å². The third-order valence-corrected chi connectivity index (χ3v) is 5.77. The molecule has 11 nitrogen and oxygen atoms in total. The topological polar surface area (TPSA) is 188 Å². The Morgan fingerprint density at radius 3 is 1.92 bits per heavy atom. The van der Waals surface area contributed by atoms with Crippen LogP contribution >= 0.6 is 0 Å². The van der Waals surface area contributed by atoms with Gasteiger partial charge in [-0.2, -0.15) is 0 Å². The van der Waals surface area contributed by atoms with Crippen LogP contribution in [-0.4, -0.2) is 64.0 Å². The predicted molar refractivity (Wildman–Crippen MR) is 133 cm³/mol. The number of carbonyl (C=O) groups is 5. The molecule has 1 rings (SSSR count). The van der Waals surface area contributed by atoms with E-state index in [1.165, 1.54) is 0 Å². The van der Waals surface area contributed by atoms with Crippen molar-refractivity contribution in [3.63, 3.8) is 0 Å². The molecule has 5 atom stereocenters. The van der Waals surface area contributed by atoms with Crippen LogP contribution in [0.25, 0.3) is 0 Å². The molecule has 200 valence electrons. The van der Waals surface area contributed by atoms with Gasteiger partial charge in [0.1, 0.15) is 18.1 Å². The molecule has 0 radical (unpaired) electrons. The molecule has 0 bridgehead atoms. The summed E-state index contributed by atoms with van der Waals surface area (Å²) in [6, 6.07) is 3.91. The van der Waals surface area contributed by atoms with Crippen LogP contribution in [0.4, 0.5) is 0 Å². The number of hydrogen-bond acceptors (Lipinski definition) is 6. The molecular weight excluding hydrogens is 468 g/mol. The molecule has 0 spiro atoms. The molecule has 11 heteroatoms. The second-order valence-electron chi connectivity index (χ2n) is 9.36. The minimum absolute atomic E-state index is 0.0197. The van der Waals surface area contributed by atoms with Gasteiger partial charge in [0.05, 0.1) is 12.5 Å². The van der Waals surface area contributed by atoms with Gasteiger partial charge in [0, 0.05) is 6.42 Å². The summed E-state index contributed by atoms with van der Waals surface area (Å²) >= 11 is 0. The lowest BCUT2D eigenvalue weighted by Gasteiger charge is -2.26. The Hall–Kier alpha value is -3.47. The third kappa shape index (κ3) is 10.4. The number of nitrogens with two attached hydrogens (primary N) is 1. The smallest absolute Gasteiger partial charge is 0.326 e. The fourth-order valence-electron chi connectivity index (χ4n) is 3.55. The van der Waals surface area contributed by atoms with E-state index < -0.39 is 60.2 Å². The lowest BCUT2D eigenvalue weighted by atomic mass is 9.98. The fraction of sp³-hybridized carbons (Fsp3) is 0.560. The second-order valence-corrected chi connectivity index (χ2v) is 9.36. The zero-order valence-electron chi connectivity index (χ0n) is 21.2. The molecular formula is C25H38N4O7. The van der Waals surface area contributed by atoms with Crippen LogP contribution in [0.15, 0.2) is 30.3 Å². The van der Waals surface area contributed by atoms with Gasteiger partial charge in [-0.05, 0) is 23.8 Å². The summed E-state index contributed by atoms with van der Waals surface area (Å²) < 4.78 is 0. The molecule has 0 heterocycles. The van der Waals surface area contributed by atoms with E-state index in [1.807, 2.05) is 13.8 Å². The molecule has 0 aliphatic heterocycles. The van der Waals surface area contributed by atoms with E-state index in [2.05, 4.69) is 16.0 Å². The maximum absolute atomic E-state index is 13.1. The first-order valence-electron chi connectivity index (χ1n) is 12.0. The summed E-state index contributed by atoms with van der Waals surface area (Å²) in [7, 11) is 0. The first-order valence-corrected chi connectivity index (χ1v) is 12.0. The molecule has 0 fully saturated rings. The van der Waals surface area contributed by atoms with Crippen molar-refractivity contribution >= 4 is 29.7 Å². The highest BCUT2D eigenvalue weighted by molar-refractivity contribution is 5.95. The molecule has 0 aliphatic rings. The van der Waals surface area contributed by atoms with Crippen LogP contribution in [0, 0.1) is 11.8 Å². The number of carbonyl (C=O) groups excluding carboxylic acids is 3. The van der Waals surface area contributed by atoms with Crippen molar-refractivity contribution in [3.8, 4) is 0 Å². The molecule has 0 aliphatic carbocycles. The van der Waals surface area contributed by atoms with Crippen LogP contribution in [0.3, 0.4) is 0 Å². The highest BCUT2D eigenvalue weighted by Crippen LogP contribution is 2.10. The quantitative estimate of drug-likeness (QED) is 0.200. The number of hydrogen-bond donors (Lipinski definition) is 6. The monoisotopic (exact) mass is 506 g/mol. The molecule has 0 saturated carbocycles. The van der Waals surface area contributed by atoms with Crippen LogP contribution < -0.4 is 21.7 Å². The van der Waals surface area contributed by atoms with E-state index in [4.69, 9.17) is 5.73 Å². The summed E-state index contributed by atoms with van der Waals surface area (Å²) in [6.07, 6.45) is 0.122. The van der Waals surface area contributed by atoms with Gasteiger partial charge in [-0.3, -0.25) is 19.2 Å². The minimum Gasteiger partial charge on any atom is -0.481 e. The zero-order chi connectivity index (χ0) is 27.4. The Morgan fingerprint density at radius 2 is 1.42 bits per heavy atom. The first-order chi connectivity index (χ1) is 16.8. The van der Waals surface area contributed by atoms with E-state index in [9.17, 15) is 34.2 Å². The van der Waals surface area contributed by atoms with E-state index in [-0.39, 0.29) is 18.3 Å². The maximum atomic E-state index is 13.1. The maximum Gasteiger partial charge on any atom is 0.326 e. The zero-order valence-corrected chi connectivity index (χ0v) is 21.2. The van der Waals surface area contributed by atoms with Gasteiger partial charge in [-0.25, -0.2) is 4.79 Å².